The normalized spacial score (nSPS) is 18.6. The molecule has 11 heteroatoms. The maximum Gasteiger partial charge on any atom is 0.417 e. The summed E-state index contributed by atoms with van der Waals surface area (Å²) in [6.07, 6.45) is 2.59. The number of aromatic amines is 1. The molecule has 10 nitrogen and oxygen atoms in total. The average Bonchev–Trinajstić information content (AvgIpc) is 3.56. The molecule has 1 amide bonds. The van der Waals surface area contributed by atoms with Crippen molar-refractivity contribution in [2.75, 3.05) is 23.4 Å². The number of halogens is 1. The fourth-order valence-corrected chi connectivity index (χ4v) is 4.29. The highest BCUT2D eigenvalue weighted by molar-refractivity contribution is 6.32. The third-order valence-electron chi connectivity index (χ3n) is 6.29. The summed E-state index contributed by atoms with van der Waals surface area (Å²) in [7, 11) is 0. The van der Waals surface area contributed by atoms with Gasteiger partial charge in [-0.15, -0.1) is 0 Å². The SMILES string of the molecule is CC[C@H]1COC(=O)N1c1nc(C)nc(N[C@@H](C)c2cc3cc(Cl)c(OCC4CC4)cc3[nH]c2=O)n1. The predicted molar refractivity (Wildman–Crippen MR) is 132 cm³/mol. The van der Waals surface area contributed by atoms with Crippen molar-refractivity contribution in [3.8, 4) is 5.75 Å². The van der Waals surface area contributed by atoms with E-state index in [2.05, 4.69) is 25.3 Å². The number of rotatable bonds is 8. The Morgan fingerprint density at radius 3 is 2.80 bits per heavy atom. The van der Waals surface area contributed by atoms with E-state index in [4.69, 9.17) is 21.1 Å². The molecular formula is C24H27ClN6O4. The van der Waals surface area contributed by atoms with Crippen LogP contribution in [0.4, 0.5) is 16.7 Å². The third-order valence-corrected chi connectivity index (χ3v) is 6.59. The lowest BCUT2D eigenvalue weighted by molar-refractivity contribution is 0.178. The molecule has 2 aromatic heterocycles. The minimum Gasteiger partial charge on any atom is -0.492 e. The van der Waals surface area contributed by atoms with Crippen LogP contribution in [0.15, 0.2) is 23.0 Å². The van der Waals surface area contributed by atoms with Crippen molar-refractivity contribution in [1.82, 2.24) is 19.9 Å². The lowest BCUT2D eigenvalue weighted by Crippen LogP contribution is -2.35. The van der Waals surface area contributed by atoms with Crippen LogP contribution in [0.5, 0.6) is 5.75 Å². The summed E-state index contributed by atoms with van der Waals surface area (Å²) >= 11 is 6.44. The van der Waals surface area contributed by atoms with E-state index in [-0.39, 0.29) is 23.5 Å². The van der Waals surface area contributed by atoms with Crippen LogP contribution >= 0.6 is 11.6 Å². The molecule has 0 radical (unpaired) electrons. The second-order valence-electron chi connectivity index (χ2n) is 9.06. The smallest absolute Gasteiger partial charge is 0.417 e. The first kappa shape index (κ1) is 23.3. The quantitative estimate of drug-likeness (QED) is 0.469. The molecule has 2 fully saturated rings. The Hall–Kier alpha value is -3.40. The van der Waals surface area contributed by atoms with Gasteiger partial charge in [-0.1, -0.05) is 18.5 Å². The van der Waals surface area contributed by atoms with Gasteiger partial charge in [-0.2, -0.15) is 15.0 Å². The topological polar surface area (TPSA) is 122 Å². The number of aryl methyl sites for hydroxylation is 1. The summed E-state index contributed by atoms with van der Waals surface area (Å²) in [5, 5.41) is 4.45. The largest absolute Gasteiger partial charge is 0.492 e. The molecule has 3 aromatic rings. The first-order valence-electron chi connectivity index (χ1n) is 11.8. The maximum atomic E-state index is 12.9. The molecule has 35 heavy (non-hydrogen) atoms. The highest BCUT2D eigenvalue weighted by Gasteiger charge is 2.35. The standard InChI is InChI=1S/C24H27ClN6O4/c1-4-16-11-35-24(33)31(16)23-28-13(3)27-22(30-23)26-12(2)17-7-15-8-18(25)20(34-10-14-5-6-14)9-19(15)29-21(17)32/h7-9,12,14,16H,4-6,10-11H2,1-3H3,(H,29,32)(H,26,27,28,30)/t12-,16-/m0/s1. The molecule has 2 N–H and O–H groups in total. The Kier molecular flexibility index (Phi) is 6.22. The third kappa shape index (κ3) is 4.88. The number of fused-ring (bicyclic) bond motifs is 1. The number of hydrogen-bond donors (Lipinski definition) is 2. The van der Waals surface area contributed by atoms with Gasteiger partial charge in [0.15, 0.2) is 0 Å². The number of carbonyl (C=O) groups excluding carboxylic acids is 1. The molecule has 1 aromatic carbocycles. The van der Waals surface area contributed by atoms with Crippen molar-refractivity contribution in [1.29, 1.82) is 0 Å². The highest BCUT2D eigenvalue weighted by atomic mass is 35.5. The zero-order valence-corrected chi connectivity index (χ0v) is 20.6. The Morgan fingerprint density at radius 1 is 1.26 bits per heavy atom. The Balaban J connectivity index is 1.40. The van der Waals surface area contributed by atoms with Crippen molar-refractivity contribution < 1.29 is 14.3 Å². The number of H-pyrrole nitrogens is 1. The summed E-state index contributed by atoms with van der Waals surface area (Å²) in [6, 6.07) is 4.78. The predicted octanol–water partition coefficient (Wildman–Crippen LogP) is 4.37. The minimum absolute atomic E-state index is 0.138. The van der Waals surface area contributed by atoms with Crippen LogP contribution in [0.25, 0.3) is 10.9 Å². The van der Waals surface area contributed by atoms with E-state index in [1.165, 1.54) is 17.7 Å². The van der Waals surface area contributed by atoms with Crippen molar-refractivity contribution in [2.24, 2.45) is 5.92 Å². The van der Waals surface area contributed by atoms with Crippen LogP contribution in [0, 0.1) is 12.8 Å². The molecule has 1 saturated carbocycles. The van der Waals surface area contributed by atoms with E-state index >= 15 is 0 Å². The van der Waals surface area contributed by atoms with Gasteiger partial charge in [-0.3, -0.25) is 4.79 Å². The molecule has 0 spiro atoms. The zero-order chi connectivity index (χ0) is 24.7. The van der Waals surface area contributed by atoms with E-state index in [1.54, 1.807) is 25.1 Å². The fourth-order valence-electron chi connectivity index (χ4n) is 4.07. The van der Waals surface area contributed by atoms with E-state index in [9.17, 15) is 9.59 Å². The van der Waals surface area contributed by atoms with Gasteiger partial charge in [0.2, 0.25) is 11.9 Å². The van der Waals surface area contributed by atoms with Gasteiger partial charge in [0.1, 0.15) is 18.2 Å². The highest BCUT2D eigenvalue weighted by Crippen LogP contribution is 2.34. The summed E-state index contributed by atoms with van der Waals surface area (Å²) in [6.45, 7) is 6.45. The minimum atomic E-state index is -0.482. The lowest BCUT2D eigenvalue weighted by atomic mass is 10.1. The molecule has 0 unspecified atom stereocenters. The van der Waals surface area contributed by atoms with Gasteiger partial charge in [-0.05, 0) is 51.2 Å². The number of anilines is 2. The van der Waals surface area contributed by atoms with Crippen LogP contribution in [0.1, 0.15) is 50.5 Å². The first-order valence-corrected chi connectivity index (χ1v) is 12.1. The number of hydrogen-bond acceptors (Lipinski definition) is 8. The molecule has 5 rings (SSSR count). The Labute approximate surface area is 207 Å². The number of amides is 1. The number of cyclic esters (lactones) is 1. The molecular weight excluding hydrogens is 472 g/mol. The van der Waals surface area contributed by atoms with Crippen molar-refractivity contribution >= 4 is 40.5 Å². The van der Waals surface area contributed by atoms with Gasteiger partial charge in [0.25, 0.3) is 5.56 Å². The van der Waals surface area contributed by atoms with Crippen LogP contribution < -0.4 is 20.5 Å². The van der Waals surface area contributed by atoms with Crippen LogP contribution in [-0.4, -0.2) is 45.3 Å². The lowest BCUT2D eigenvalue weighted by Gasteiger charge is -2.20. The second kappa shape index (κ2) is 9.33. The molecule has 1 saturated heterocycles. The van der Waals surface area contributed by atoms with Crippen molar-refractivity contribution in [3.05, 3.63) is 45.0 Å². The van der Waals surface area contributed by atoms with Gasteiger partial charge in [0.05, 0.1) is 29.2 Å². The zero-order valence-electron chi connectivity index (χ0n) is 19.8. The second-order valence-corrected chi connectivity index (χ2v) is 9.47. The van der Waals surface area contributed by atoms with Crippen LogP contribution in [0.2, 0.25) is 5.02 Å². The average molecular weight is 499 g/mol. The Morgan fingerprint density at radius 2 is 2.06 bits per heavy atom. The number of ether oxygens (including phenoxy) is 2. The van der Waals surface area contributed by atoms with E-state index in [0.29, 0.717) is 53.2 Å². The van der Waals surface area contributed by atoms with Gasteiger partial charge in [0, 0.05) is 17.0 Å². The summed E-state index contributed by atoms with van der Waals surface area (Å²) < 4.78 is 11.0. The van der Waals surface area contributed by atoms with Crippen LogP contribution in [-0.2, 0) is 4.74 Å². The Bertz CT molecular complexity index is 1340. The fraction of sp³-hybridized carbons (Fsp3) is 0.458. The van der Waals surface area contributed by atoms with Crippen molar-refractivity contribution in [3.63, 3.8) is 0 Å². The summed E-state index contributed by atoms with van der Waals surface area (Å²) in [5.74, 6) is 2.09. The molecule has 3 heterocycles. The summed E-state index contributed by atoms with van der Waals surface area (Å²) in [4.78, 5) is 42.6. The van der Waals surface area contributed by atoms with E-state index < -0.39 is 12.1 Å². The maximum absolute atomic E-state index is 12.9. The molecule has 2 atom stereocenters. The number of nitrogens with zero attached hydrogens (tertiary/aromatic N) is 4. The number of aromatic nitrogens is 4. The molecule has 2 aliphatic rings. The molecule has 0 bridgehead atoms. The first-order chi connectivity index (χ1) is 16.8. The van der Waals surface area contributed by atoms with E-state index in [0.717, 1.165) is 5.39 Å². The monoisotopic (exact) mass is 498 g/mol. The molecule has 1 aliphatic heterocycles. The van der Waals surface area contributed by atoms with Gasteiger partial charge in [-0.25, -0.2) is 9.69 Å². The van der Waals surface area contributed by atoms with Crippen LogP contribution in [0.3, 0.4) is 0 Å². The van der Waals surface area contributed by atoms with E-state index in [1.807, 2.05) is 13.8 Å². The number of nitrogens with one attached hydrogen (secondary N) is 2. The van der Waals surface area contributed by atoms with Gasteiger partial charge >= 0.3 is 6.09 Å². The van der Waals surface area contributed by atoms with Gasteiger partial charge < -0.3 is 19.8 Å². The summed E-state index contributed by atoms with van der Waals surface area (Å²) in [5.41, 5.74) is 0.901. The number of pyridine rings is 1. The number of benzene rings is 1. The van der Waals surface area contributed by atoms with Crippen molar-refractivity contribution in [2.45, 2.75) is 52.1 Å². The molecule has 1 aliphatic carbocycles. The number of carbonyl (C=O) groups is 1. The molecule has 184 valence electrons.